The molecule has 5 nitrogen and oxygen atoms in total. The molecule has 0 fully saturated rings. The molecule has 0 atom stereocenters. The Kier molecular flexibility index (Phi) is 6.85. The molecule has 29 heavy (non-hydrogen) atoms. The van der Waals surface area contributed by atoms with Crippen LogP contribution in [0.15, 0.2) is 72.9 Å². The third-order valence-electron chi connectivity index (χ3n) is 4.41. The molecule has 1 N–H and O–H groups in total. The van der Waals surface area contributed by atoms with E-state index in [0.717, 1.165) is 30.3 Å². The van der Waals surface area contributed by atoms with Crippen LogP contribution in [0.25, 0.3) is 0 Å². The number of benzene rings is 2. The summed E-state index contributed by atoms with van der Waals surface area (Å²) < 4.78 is 5.64. The maximum Gasteiger partial charge on any atom is 0.255 e. The second kappa shape index (κ2) is 9.73. The number of ether oxygens (including phenoxy) is 1. The van der Waals surface area contributed by atoms with Crippen LogP contribution in [-0.4, -0.2) is 23.5 Å². The number of rotatable bonds is 8. The number of anilines is 2. The number of aromatic nitrogens is 1. The van der Waals surface area contributed by atoms with E-state index in [2.05, 4.69) is 34.3 Å². The second-order valence-corrected chi connectivity index (χ2v) is 7.05. The minimum atomic E-state index is -0.165. The van der Waals surface area contributed by atoms with Gasteiger partial charge >= 0.3 is 0 Å². The third kappa shape index (κ3) is 5.82. The van der Waals surface area contributed by atoms with Crippen LogP contribution >= 0.6 is 0 Å². The molecule has 1 heterocycles. The highest BCUT2D eigenvalue weighted by atomic mass is 16.5. The molecule has 0 aliphatic rings. The summed E-state index contributed by atoms with van der Waals surface area (Å²) >= 11 is 0. The van der Waals surface area contributed by atoms with Crippen LogP contribution in [0.2, 0.25) is 0 Å². The Hall–Kier alpha value is -3.34. The number of nitrogens with zero attached hydrogens (tertiary/aromatic N) is 2. The molecule has 3 aromatic rings. The van der Waals surface area contributed by atoms with Gasteiger partial charge in [-0.2, -0.15) is 0 Å². The van der Waals surface area contributed by atoms with Crippen molar-refractivity contribution in [3.63, 3.8) is 0 Å². The summed E-state index contributed by atoms with van der Waals surface area (Å²) in [6.45, 7) is 7.58. The Labute approximate surface area is 172 Å². The molecule has 3 rings (SSSR count). The van der Waals surface area contributed by atoms with Crippen molar-refractivity contribution in [1.29, 1.82) is 0 Å². The van der Waals surface area contributed by atoms with Gasteiger partial charge in [0, 0.05) is 30.5 Å². The van der Waals surface area contributed by atoms with Gasteiger partial charge in [0.05, 0.1) is 6.10 Å². The molecule has 0 saturated heterocycles. The number of pyridine rings is 1. The van der Waals surface area contributed by atoms with E-state index in [1.165, 1.54) is 5.56 Å². The number of hydrogen-bond donors (Lipinski definition) is 1. The van der Waals surface area contributed by atoms with Gasteiger partial charge in [-0.15, -0.1) is 0 Å². The van der Waals surface area contributed by atoms with Gasteiger partial charge in [-0.1, -0.05) is 30.3 Å². The van der Waals surface area contributed by atoms with Crippen molar-refractivity contribution in [2.24, 2.45) is 0 Å². The Morgan fingerprint density at radius 2 is 1.79 bits per heavy atom. The summed E-state index contributed by atoms with van der Waals surface area (Å²) in [5, 5.41) is 2.93. The van der Waals surface area contributed by atoms with Crippen LogP contribution in [0.4, 0.5) is 11.5 Å². The van der Waals surface area contributed by atoms with Crippen molar-refractivity contribution < 1.29 is 9.53 Å². The lowest BCUT2D eigenvalue weighted by molar-refractivity contribution is 0.102. The molecule has 0 unspecified atom stereocenters. The second-order valence-electron chi connectivity index (χ2n) is 7.05. The topological polar surface area (TPSA) is 54.5 Å². The predicted molar refractivity (Wildman–Crippen MR) is 118 cm³/mol. The van der Waals surface area contributed by atoms with Gasteiger partial charge in [0.15, 0.2) is 0 Å². The number of carbonyl (C=O) groups excluding carboxylic acids is 1. The molecule has 150 valence electrons. The number of amides is 1. The highest BCUT2D eigenvalue weighted by Crippen LogP contribution is 2.19. The van der Waals surface area contributed by atoms with Crippen molar-refractivity contribution in [3.8, 4) is 5.75 Å². The first-order chi connectivity index (χ1) is 14.0. The third-order valence-corrected chi connectivity index (χ3v) is 4.41. The maximum atomic E-state index is 12.7. The summed E-state index contributed by atoms with van der Waals surface area (Å²) in [7, 11) is 0. The first kappa shape index (κ1) is 20.4. The van der Waals surface area contributed by atoms with E-state index in [9.17, 15) is 4.79 Å². The average Bonchev–Trinajstić information content (AvgIpc) is 2.74. The molecular weight excluding hydrogens is 362 g/mol. The molecule has 0 saturated carbocycles. The molecular formula is C24H27N3O2. The standard InChI is InChI=1S/C24H27N3O2/c1-4-27(17-19-8-6-5-7-9-19)23-16-20(14-15-25-23)24(28)26-21-10-12-22(13-11-21)29-18(2)3/h5-16,18H,4,17H2,1-3H3,(H,26,28). The number of hydrogen-bond acceptors (Lipinski definition) is 4. The van der Waals surface area contributed by atoms with Crippen molar-refractivity contribution in [1.82, 2.24) is 4.98 Å². The highest BCUT2D eigenvalue weighted by molar-refractivity contribution is 6.04. The molecule has 0 aliphatic heterocycles. The molecule has 1 aromatic heterocycles. The van der Waals surface area contributed by atoms with Gasteiger partial charge in [-0.25, -0.2) is 4.98 Å². The summed E-state index contributed by atoms with van der Waals surface area (Å²) in [4.78, 5) is 19.3. The van der Waals surface area contributed by atoms with Crippen LogP contribution < -0.4 is 15.0 Å². The van der Waals surface area contributed by atoms with Crippen LogP contribution in [0.1, 0.15) is 36.7 Å². The minimum absolute atomic E-state index is 0.114. The Bertz CT molecular complexity index is 924. The van der Waals surface area contributed by atoms with Gasteiger partial charge in [-0.05, 0) is 62.7 Å². The van der Waals surface area contributed by atoms with Crippen molar-refractivity contribution >= 4 is 17.4 Å². The molecule has 0 spiro atoms. The first-order valence-electron chi connectivity index (χ1n) is 9.88. The van der Waals surface area contributed by atoms with Gasteiger partial charge in [0.1, 0.15) is 11.6 Å². The summed E-state index contributed by atoms with van der Waals surface area (Å²) in [6, 6.07) is 21.2. The van der Waals surface area contributed by atoms with Crippen molar-refractivity contribution in [2.75, 3.05) is 16.8 Å². The van der Waals surface area contributed by atoms with Crippen LogP contribution in [0.5, 0.6) is 5.75 Å². The molecule has 0 radical (unpaired) electrons. The van der Waals surface area contributed by atoms with E-state index >= 15 is 0 Å². The Morgan fingerprint density at radius 1 is 1.07 bits per heavy atom. The Morgan fingerprint density at radius 3 is 2.45 bits per heavy atom. The van der Waals surface area contributed by atoms with Gasteiger partial charge in [0.25, 0.3) is 5.91 Å². The largest absolute Gasteiger partial charge is 0.491 e. The van der Waals surface area contributed by atoms with E-state index in [-0.39, 0.29) is 12.0 Å². The number of nitrogens with one attached hydrogen (secondary N) is 1. The molecule has 5 heteroatoms. The van der Waals surface area contributed by atoms with E-state index < -0.39 is 0 Å². The zero-order valence-corrected chi connectivity index (χ0v) is 17.1. The van der Waals surface area contributed by atoms with Crippen LogP contribution in [-0.2, 0) is 6.54 Å². The van der Waals surface area contributed by atoms with Gasteiger partial charge < -0.3 is 15.0 Å². The lowest BCUT2D eigenvalue weighted by Crippen LogP contribution is -2.23. The minimum Gasteiger partial charge on any atom is -0.491 e. The fourth-order valence-corrected chi connectivity index (χ4v) is 2.98. The quantitative estimate of drug-likeness (QED) is 0.579. The highest BCUT2D eigenvalue weighted by Gasteiger charge is 2.12. The lowest BCUT2D eigenvalue weighted by Gasteiger charge is -2.22. The van der Waals surface area contributed by atoms with Gasteiger partial charge in [-0.3, -0.25) is 4.79 Å². The fourth-order valence-electron chi connectivity index (χ4n) is 2.98. The number of carbonyl (C=O) groups is 1. The smallest absolute Gasteiger partial charge is 0.255 e. The fraction of sp³-hybridized carbons (Fsp3) is 0.250. The first-order valence-corrected chi connectivity index (χ1v) is 9.88. The van der Waals surface area contributed by atoms with E-state index in [1.54, 1.807) is 12.3 Å². The van der Waals surface area contributed by atoms with Crippen molar-refractivity contribution in [2.45, 2.75) is 33.4 Å². The van der Waals surface area contributed by atoms with Crippen LogP contribution in [0.3, 0.4) is 0 Å². The predicted octanol–water partition coefficient (Wildman–Crippen LogP) is 5.15. The molecule has 0 bridgehead atoms. The summed E-state index contributed by atoms with van der Waals surface area (Å²) in [5.74, 6) is 1.40. The monoisotopic (exact) mass is 389 g/mol. The zero-order valence-electron chi connectivity index (χ0n) is 17.1. The molecule has 1 amide bonds. The van der Waals surface area contributed by atoms with Crippen molar-refractivity contribution in [3.05, 3.63) is 84.1 Å². The Balaban J connectivity index is 1.70. The average molecular weight is 389 g/mol. The normalized spacial score (nSPS) is 10.6. The zero-order chi connectivity index (χ0) is 20.6. The van der Waals surface area contributed by atoms with Crippen LogP contribution in [0, 0.1) is 0 Å². The maximum absolute atomic E-state index is 12.7. The van der Waals surface area contributed by atoms with E-state index in [4.69, 9.17) is 4.74 Å². The summed E-state index contributed by atoms with van der Waals surface area (Å²) in [6.07, 6.45) is 1.79. The van der Waals surface area contributed by atoms with E-state index in [1.807, 2.05) is 62.4 Å². The van der Waals surface area contributed by atoms with Gasteiger partial charge in [0.2, 0.25) is 0 Å². The lowest BCUT2D eigenvalue weighted by atomic mass is 10.2. The SMILES string of the molecule is CCN(Cc1ccccc1)c1cc(C(=O)Nc2ccc(OC(C)C)cc2)ccn1. The van der Waals surface area contributed by atoms with E-state index in [0.29, 0.717) is 5.56 Å². The molecule has 2 aromatic carbocycles. The summed E-state index contributed by atoms with van der Waals surface area (Å²) in [5.41, 5.74) is 2.50. The molecule has 0 aliphatic carbocycles.